The molecule has 0 heterocycles. The van der Waals surface area contributed by atoms with E-state index in [9.17, 15) is 9.59 Å². The molecule has 1 aliphatic carbocycles. The summed E-state index contributed by atoms with van der Waals surface area (Å²) in [6.45, 7) is 1.88. The third kappa shape index (κ3) is 3.35. The van der Waals surface area contributed by atoms with Gasteiger partial charge in [0.2, 0.25) is 5.91 Å². The Hall–Kier alpha value is -1.76. The first-order valence-corrected chi connectivity index (χ1v) is 5.74. The van der Waals surface area contributed by atoms with Crippen molar-refractivity contribution in [3.63, 3.8) is 0 Å². The third-order valence-electron chi connectivity index (χ3n) is 3.01. The summed E-state index contributed by atoms with van der Waals surface area (Å²) in [6, 6.07) is -0.317. The van der Waals surface area contributed by atoms with Gasteiger partial charge < -0.3 is 10.4 Å². The summed E-state index contributed by atoms with van der Waals surface area (Å²) < 4.78 is 0. The zero-order valence-corrected chi connectivity index (χ0v) is 9.85. The molecule has 0 bridgehead atoms. The average Bonchev–Trinajstić information content (AvgIpc) is 2.35. The van der Waals surface area contributed by atoms with Gasteiger partial charge in [-0.25, -0.2) is 0 Å². The zero-order valence-electron chi connectivity index (χ0n) is 9.85. The van der Waals surface area contributed by atoms with E-state index in [1.807, 2.05) is 13.0 Å². The van der Waals surface area contributed by atoms with Crippen LogP contribution in [0.3, 0.4) is 0 Å². The van der Waals surface area contributed by atoms with Crippen LogP contribution in [0.25, 0.3) is 0 Å². The van der Waals surface area contributed by atoms with Crippen LogP contribution < -0.4 is 5.32 Å². The molecule has 0 aliphatic heterocycles. The molecule has 1 amide bonds. The number of amides is 1. The molecule has 0 aromatic heterocycles. The first-order chi connectivity index (χ1) is 8.10. The zero-order chi connectivity index (χ0) is 12.8. The third-order valence-corrected chi connectivity index (χ3v) is 3.01. The molecule has 0 saturated carbocycles. The van der Waals surface area contributed by atoms with Crippen LogP contribution in [0.4, 0.5) is 0 Å². The van der Waals surface area contributed by atoms with Crippen molar-refractivity contribution in [2.24, 2.45) is 11.8 Å². The van der Waals surface area contributed by atoms with Gasteiger partial charge in [0.15, 0.2) is 0 Å². The lowest BCUT2D eigenvalue weighted by molar-refractivity contribution is -0.147. The molecular weight excluding hydrogens is 218 g/mol. The number of carboxylic acid groups (broad SMARTS) is 1. The fourth-order valence-corrected chi connectivity index (χ4v) is 1.92. The van der Waals surface area contributed by atoms with E-state index >= 15 is 0 Å². The van der Waals surface area contributed by atoms with Crippen LogP contribution in [0.2, 0.25) is 0 Å². The van der Waals surface area contributed by atoms with E-state index < -0.39 is 17.8 Å². The molecule has 4 nitrogen and oxygen atoms in total. The van der Waals surface area contributed by atoms with E-state index in [2.05, 4.69) is 11.2 Å². The standard InChI is InChI=1S/C13H17NO3/c1-3-9(4-2)14-12(15)10-7-5-6-8-11(10)13(16)17/h1,5-6,9-11H,4,7-8H2,2H3,(H,14,15)(H,16,17)/t9?,10-,11+/m1/s1. The number of carbonyl (C=O) groups excluding carboxylic acids is 1. The van der Waals surface area contributed by atoms with Gasteiger partial charge in [-0.15, -0.1) is 6.42 Å². The molecule has 0 fully saturated rings. The minimum atomic E-state index is -0.928. The molecule has 17 heavy (non-hydrogen) atoms. The van der Waals surface area contributed by atoms with Gasteiger partial charge in [-0.2, -0.15) is 0 Å². The molecule has 1 unspecified atom stereocenters. The monoisotopic (exact) mass is 235 g/mol. The number of rotatable bonds is 4. The number of nitrogens with one attached hydrogen (secondary N) is 1. The van der Waals surface area contributed by atoms with Crippen LogP contribution in [-0.2, 0) is 9.59 Å². The Morgan fingerprint density at radius 1 is 1.47 bits per heavy atom. The molecule has 0 radical (unpaired) electrons. The van der Waals surface area contributed by atoms with E-state index in [-0.39, 0.29) is 11.9 Å². The van der Waals surface area contributed by atoms with Gasteiger partial charge in [-0.3, -0.25) is 9.59 Å². The number of aliphatic carboxylic acids is 1. The van der Waals surface area contributed by atoms with Crippen molar-refractivity contribution in [2.45, 2.75) is 32.2 Å². The topological polar surface area (TPSA) is 66.4 Å². The molecule has 0 saturated heterocycles. The number of carboxylic acids is 1. The Bertz CT molecular complexity index is 367. The van der Waals surface area contributed by atoms with E-state index in [4.69, 9.17) is 11.5 Å². The van der Waals surface area contributed by atoms with Crippen molar-refractivity contribution >= 4 is 11.9 Å². The van der Waals surface area contributed by atoms with Crippen molar-refractivity contribution in [3.05, 3.63) is 12.2 Å². The SMILES string of the molecule is C#CC(CC)NC(=O)[C@@H]1CC=CC[C@@H]1C(=O)O. The Morgan fingerprint density at radius 2 is 2.06 bits per heavy atom. The lowest BCUT2D eigenvalue weighted by Crippen LogP contribution is -2.42. The van der Waals surface area contributed by atoms with Crippen molar-refractivity contribution in [1.82, 2.24) is 5.32 Å². The van der Waals surface area contributed by atoms with E-state index in [0.29, 0.717) is 19.3 Å². The normalized spacial score (nSPS) is 24.7. The van der Waals surface area contributed by atoms with Gasteiger partial charge in [0.25, 0.3) is 0 Å². The van der Waals surface area contributed by atoms with Crippen LogP contribution in [0, 0.1) is 24.2 Å². The summed E-state index contributed by atoms with van der Waals surface area (Å²) >= 11 is 0. The molecule has 3 atom stereocenters. The molecule has 0 spiro atoms. The van der Waals surface area contributed by atoms with Crippen LogP contribution in [0.1, 0.15) is 26.2 Å². The second-order valence-corrected chi connectivity index (χ2v) is 4.13. The number of carbonyl (C=O) groups is 2. The highest BCUT2D eigenvalue weighted by molar-refractivity contribution is 5.85. The van der Waals surface area contributed by atoms with Crippen LogP contribution in [0.5, 0.6) is 0 Å². The number of allylic oxidation sites excluding steroid dienone is 2. The lowest BCUT2D eigenvalue weighted by atomic mass is 9.82. The van der Waals surface area contributed by atoms with Crippen LogP contribution >= 0.6 is 0 Å². The summed E-state index contributed by atoms with van der Waals surface area (Å²) in [7, 11) is 0. The fraction of sp³-hybridized carbons (Fsp3) is 0.538. The van der Waals surface area contributed by atoms with Gasteiger partial charge in [-0.1, -0.05) is 25.0 Å². The van der Waals surface area contributed by atoms with Crippen LogP contribution in [0.15, 0.2) is 12.2 Å². The number of terminal acetylenes is 1. The average molecular weight is 235 g/mol. The van der Waals surface area contributed by atoms with Crippen LogP contribution in [-0.4, -0.2) is 23.0 Å². The highest BCUT2D eigenvalue weighted by atomic mass is 16.4. The second-order valence-electron chi connectivity index (χ2n) is 4.13. The Balaban J connectivity index is 2.70. The van der Waals surface area contributed by atoms with Gasteiger partial charge in [0.1, 0.15) is 0 Å². The molecule has 1 rings (SSSR count). The maximum absolute atomic E-state index is 11.9. The van der Waals surface area contributed by atoms with Gasteiger partial charge >= 0.3 is 5.97 Å². The molecule has 92 valence electrons. The van der Waals surface area contributed by atoms with Crippen molar-refractivity contribution in [2.75, 3.05) is 0 Å². The summed E-state index contributed by atoms with van der Waals surface area (Å²) in [5, 5.41) is 11.8. The molecule has 2 N–H and O–H groups in total. The second kappa shape index (κ2) is 6.09. The summed E-state index contributed by atoms with van der Waals surface area (Å²) in [5.74, 6) is 0.126. The van der Waals surface area contributed by atoms with Crippen molar-refractivity contribution < 1.29 is 14.7 Å². The fourth-order valence-electron chi connectivity index (χ4n) is 1.92. The van der Waals surface area contributed by atoms with E-state index in [1.165, 1.54) is 0 Å². The summed E-state index contributed by atoms with van der Waals surface area (Å²) in [5.41, 5.74) is 0. The lowest BCUT2D eigenvalue weighted by Gasteiger charge is -2.25. The minimum Gasteiger partial charge on any atom is -0.481 e. The summed E-state index contributed by atoms with van der Waals surface area (Å²) in [6.07, 6.45) is 10.4. The van der Waals surface area contributed by atoms with Crippen molar-refractivity contribution in [1.29, 1.82) is 0 Å². The Morgan fingerprint density at radius 3 is 2.53 bits per heavy atom. The Kier molecular flexibility index (Phi) is 4.77. The molecular formula is C13H17NO3. The smallest absolute Gasteiger partial charge is 0.307 e. The largest absolute Gasteiger partial charge is 0.481 e. The maximum atomic E-state index is 11.9. The van der Waals surface area contributed by atoms with E-state index in [0.717, 1.165) is 0 Å². The minimum absolute atomic E-state index is 0.258. The predicted molar refractivity (Wildman–Crippen MR) is 64.0 cm³/mol. The van der Waals surface area contributed by atoms with Gasteiger partial charge in [0, 0.05) is 0 Å². The van der Waals surface area contributed by atoms with Gasteiger partial charge in [-0.05, 0) is 19.3 Å². The highest BCUT2D eigenvalue weighted by Gasteiger charge is 2.34. The molecule has 0 aromatic carbocycles. The van der Waals surface area contributed by atoms with Gasteiger partial charge in [0.05, 0.1) is 17.9 Å². The molecule has 4 heteroatoms. The number of hydrogen-bond acceptors (Lipinski definition) is 2. The van der Waals surface area contributed by atoms with Crippen molar-refractivity contribution in [3.8, 4) is 12.3 Å². The first kappa shape index (κ1) is 13.3. The molecule has 1 aliphatic rings. The summed E-state index contributed by atoms with van der Waals surface area (Å²) in [4.78, 5) is 23.0. The number of hydrogen-bond donors (Lipinski definition) is 2. The van der Waals surface area contributed by atoms with E-state index in [1.54, 1.807) is 6.08 Å². The molecule has 0 aromatic rings. The predicted octanol–water partition coefficient (Wildman–Crippen LogP) is 1.18. The Labute approximate surface area is 101 Å². The highest BCUT2D eigenvalue weighted by Crippen LogP contribution is 2.26. The maximum Gasteiger partial charge on any atom is 0.307 e. The first-order valence-electron chi connectivity index (χ1n) is 5.74. The quantitative estimate of drug-likeness (QED) is 0.568.